The summed E-state index contributed by atoms with van der Waals surface area (Å²) in [5, 5.41) is 2.36. The molecule has 0 unspecified atom stereocenters. The van der Waals surface area contributed by atoms with E-state index in [2.05, 4.69) is 5.32 Å². The fraction of sp³-hybridized carbons (Fsp3) is 0.150. The first kappa shape index (κ1) is 18.1. The van der Waals surface area contributed by atoms with Crippen molar-refractivity contribution in [1.29, 1.82) is 0 Å². The van der Waals surface area contributed by atoms with Crippen molar-refractivity contribution in [2.24, 2.45) is 0 Å². The van der Waals surface area contributed by atoms with Crippen LogP contribution in [0.3, 0.4) is 0 Å². The normalized spacial score (nSPS) is 16.7. The van der Waals surface area contributed by atoms with Gasteiger partial charge in [-0.25, -0.2) is 0 Å². The second-order valence-electron chi connectivity index (χ2n) is 6.07. The second kappa shape index (κ2) is 7.77. The molecule has 7 nitrogen and oxygen atoms in total. The van der Waals surface area contributed by atoms with Gasteiger partial charge in [0.05, 0.1) is 4.91 Å². The number of hydrogen-bond acceptors (Lipinski definition) is 6. The Kier molecular flexibility index (Phi) is 5.03. The number of nitrogens with zero attached hydrogens (tertiary/aromatic N) is 1. The Balaban J connectivity index is 1.38. The van der Waals surface area contributed by atoms with Crippen LogP contribution in [0, 0.1) is 0 Å². The lowest BCUT2D eigenvalue weighted by Crippen LogP contribution is -2.37. The molecule has 0 atom stereocenters. The minimum absolute atomic E-state index is 0.113. The summed E-state index contributed by atoms with van der Waals surface area (Å²) in [4.78, 5) is 38.2. The summed E-state index contributed by atoms with van der Waals surface area (Å²) in [6, 6.07) is 14.1. The number of nitrogens with one attached hydrogen (secondary N) is 1. The van der Waals surface area contributed by atoms with Gasteiger partial charge in [0.25, 0.3) is 17.1 Å². The van der Waals surface area contributed by atoms with Gasteiger partial charge < -0.3 is 14.8 Å². The number of rotatable bonds is 5. The summed E-state index contributed by atoms with van der Waals surface area (Å²) in [7, 11) is 0. The third-order valence-electron chi connectivity index (χ3n) is 4.22. The molecule has 8 heteroatoms. The number of fused-ring (bicyclic) bond motifs is 1. The number of ether oxygens (including phenoxy) is 2. The lowest BCUT2D eigenvalue weighted by atomic mass is 10.2. The Morgan fingerprint density at radius 1 is 1.11 bits per heavy atom. The van der Waals surface area contributed by atoms with Crippen molar-refractivity contribution >= 4 is 34.9 Å². The molecule has 0 spiro atoms. The van der Waals surface area contributed by atoms with Crippen LogP contribution in [-0.4, -0.2) is 41.8 Å². The highest BCUT2D eigenvalue weighted by molar-refractivity contribution is 8.18. The first-order valence-electron chi connectivity index (χ1n) is 8.60. The van der Waals surface area contributed by atoms with E-state index < -0.39 is 0 Å². The molecule has 142 valence electrons. The number of carbonyl (C=O) groups is 3. The summed E-state index contributed by atoms with van der Waals surface area (Å²) in [6.07, 6.45) is 1.65. The molecular weight excluding hydrogens is 380 g/mol. The van der Waals surface area contributed by atoms with Crippen molar-refractivity contribution in [3.8, 4) is 11.5 Å². The molecule has 1 fully saturated rings. The molecule has 2 aromatic carbocycles. The van der Waals surface area contributed by atoms with Crippen molar-refractivity contribution < 1.29 is 23.9 Å². The van der Waals surface area contributed by atoms with Gasteiger partial charge >= 0.3 is 0 Å². The number of carbonyl (C=O) groups excluding carboxylic acids is 3. The molecule has 3 amide bonds. The van der Waals surface area contributed by atoms with Crippen molar-refractivity contribution in [3.05, 3.63) is 64.6 Å². The van der Waals surface area contributed by atoms with Gasteiger partial charge in [0.1, 0.15) is 0 Å². The molecule has 2 aromatic rings. The van der Waals surface area contributed by atoms with Crippen LogP contribution in [0.5, 0.6) is 11.5 Å². The van der Waals surface area contributed by atoms with Gasteiger partial charge in [-0.3, -0.25) is 19.3 Å². The predicted octanol–water partition coefficient (Wildman–Crippen LogP) is 2.88. The lowest BCUT2D eigenvalue weighted by molar-refractivity contribution is -0.122. The maximum atomic E-state index is 12.5. The molecule has 2 aliphatic rings. The average Bonchev–Trinajstić information content (AvgIpc) is 3.28. The lowest BCUT2D eigenvalue weighted by Gasteiger charge is -2.13. The molecule has 1 saturated heterocycles. The van der Waals surface area contributed by atoms with Gasteiger partial charge in [-0.05, 0) is 47.7 Å². The molecule has 0 saturated carbocycles. The maximum Gasteiger partial charge on any atom is 0.293 e. The summed E-state index contributed by atoms with van der Waals surface area (Å²) in [5.41, 5.74) is 1.27. The third-order valence-corrected chi connectivity index (χ3v) is 5.13. The third kappa shape index (κ3) is 3.72. The van der Waals surface area contributed by atoms with Crippen LogP contribution in [0.2, 0.25) is 0 Å². The standard InChI is InChI=1S/C20H16N2O5S/c23-18(14-4-2-1-3-5-14)21-8-9-22-19(24)17(28-20(22)25)11-13-6-7-15-16(10-13)27-12-26-15/h1-7,10-11H,8-9,12H2,(H,21,23)/b17-11-. The Labute approximate surface area is 165 Å². The van der Waals surface area contributed by atoms with Crippen molar-refractivity contribution in [3.63, 3.8) is 0 Å². The van der Waals surface area contributed by atoms with Gasteiger partial charge in [0.15, 0.2) is 11.5 Å². The van der Waals surface area contributed by atoms with Crippen LogP contribution in [0.4, 0.5) is 4.79 Å². The Hall–Kier alpha value is -3.26. The van der Waals surface area contributed by atoms with E-state index in [-0.39, 0.29) is 36.9 Å². The Morgan fingerprint density at radius 2 is 1.89 bits per heavy atom. The fourth-order valence-electron chi connectivity index (χ4n) is 2.82. The number of benzene rings is 2. The van der Waals surface area contributed by atoms with E-state index in [0.717, 1.165) is 22.2 Å². The zero-order valence-electron chi connectivity index (χ0n) is 14.7. The van der Waals surface area contributed by atoms with E-state index in [1.54, 1.807) is 48.5 Å². The number of thioether (sulfide) groups is 1. The van der Waals surface area contributed by atoms with Crippen LogP contribution in [0.15, 0.2) is 53.4 Å². The summed E-state index contributed by atoms with van der Waals surface area (Å²) in [6.45, 7) is 0.467. The number of hydrogen-bond donors (Lipinski definition) is 1. The Bertz CT molecular complexity index is 974. The van der Waals surface area contributed by atoms with Crippen LogP contribution < -0.4 is 14.8 Å². The molecule has 0 aromatic heterocycles. The zero-order valence-corrected chi connectivity index (χ0v) is 15.5. The summed E-state index contributed by atoms with van der Waals surface area (Å²) >= 11 is 0.879. The molecule has 2 heterocycles. The molecule has 1 N–H and O–H groups in total. The molecule has 0 bridgehead atoms. The SMILES string of the molecule is O=C(NCCN1C(=O)S/C(=C\c2ccc3c(c2)OCO3)C1=O)c1ccccc1. The summed E-state index contributed by atoms with van der Waals surface area (Å²) in [5.74, 6) is 0.640. The van der Waals surface area contributed by atoms with Crippen LogP contribution >= 0.6 is 11.8 Å². The summed E-state index contributed by atoms with van der Waals surface area (Å²) < 4.78 is 10.6. The quantitative estimate of drug-likeness (QED) is 0.783. The first-order valence-corrected chi connectivity index (χ1v) is 9.42. The largest absolute Gasteiger partial charge is 0.454 e. The second-order valence-corrected chi connectivity index (χ2v) is 7.06. The van der Waals surface area contributed by atoms with Gasteiger partial charge in [-0.2, -0.15) is 0 Å². The van der Waals surface area contributed by atoms with Gasteiger partial charge in [-0.1, -0.05) is 24.3 Å². The average molecular weight is 396 g/mol. The minimum atomic E-state index is -0.373. The minimum Gasteiger partial charge on any atom is -0.454 e. The van der Waals surface area contributed by atoms with Crippen molar-refractivity contribution in [2.45, 2.75) is 0 Å². The molecule has 0 radical (unpaired) electrons. The highest BCUT2D eigenvalue weighted by Gasteiger charge is 2.34. The van der Waals surface area contributed by atoms with E-state index >= 15 is 0 Å². The molecule has 0 aliphatic carbocycles. The van der Waals surface area contributed by atoms with E-state index in [0.29, 0.717) is 22.0 Å². The molecule has 28 heavy (non-hydrogen) atoms. The van der Waals surface area contributed by atoms with Crippen LogP contribution in [-0.2, 0) is 4.79 Å². The van der Waals surface area contributed by atoms with E-state index in [1.807, 2.05) is 6.07 Å². The van der Waals surface area contributed by atoms with E-state index in [4.69, 9.17) is 9.47 Å². The van der Waals surface area contributed by atoms with Crippen LogP contribution in [0.1, 0.15) is 15.9 Å². The topological polar surface area (TPSA) is 84.9 Å². The Morgan fingerprint density at radius 3 is 2.71 bits per heavy atom. The molecule has 4 rings (SSSR count). The number of imide groups is 1. The highest BCUT2D eigenvalue weighted by atomic mass is 32.2. The maximum absolute atomic E-state index is 12.5. The van der Waals surface area contributed by atoms with Crippen molar-refractivity contribution in [1.82, 2.24) is 10.2 Å². The van der Waals surface area contributed by atoms with Gasteiger partial charge in [0, 0.05) is 18.7 Å². The van der Waals surface area contributed by atoms with Gasteiger partial charge in [0.2, 0.25) is 6.79 Å². The molecular formula is C20H16N2O5S. The smallest absolute Gasteiger partial charge is 0.293 e. The zero-order chi connectivity index (χ0) is 19.5. The monoisotopic (exact) mass is 396 g/mol. The van der Waals surface area contributed by atoms with E-state index in [9.17, 15) is 14.4 Å². The van der Waals surface area contributed by atoms with Crippen LogP contribution in [0.25, 0.3) is 6.08 Å². The molecule has 2 aliphatic heterocycles. The highest BCUT2D eigenvalue weighted by Crippen LogP contribution is 2.36. The number of amides is 3. The van der Waals surface area contributed by atoms with Crippen molar-refractivity contribution in [2.75, 3.05) is 19.9 Å². The van der Waals surface area contributed by atoms with E-state index in [1.165, 1.54) is 0 Å². The predicted molar refractivity (Wildman–Crippen MR) is 104 cm³/mol. The first-order chi connectivity index (χ1) is 13.6. The fourth-order valence-corrected chi connectivity index (χ4v) is 3.68. The van der Waals surface area contributed by atoms with Gasteiger partial charge in [-0.15, -0.1) is 0 Å².